The smallest absolute Gasteiger partial charge is 0.143 e. The molecule has 0 N–H and O–H groups in total. The van der Waals surface area contributed by atoms with Gasteiger partial charge in [0.2, 0.25) is 0 Å². The maximum atomic E-state index is 6.57. The van der Waals surface area contributed by atoms with E-state index in [1.165, 1.54) is 16.2 Å². The van der Waals surface area contributed by atoms with Gasteiger partial charge in [0.1, 0.15) is 11.2 Å². The van der Waals surface area contributed by atoms with E-state index in [-0.39, 0.29) is 0 Å². The zero-order chi connectivity index (χ0) is 28.3. The SMILES string of the molecule is c1ccc(-c2ccc(-c3cc4c(ccc5oc6c7ccccc7ccc6c54)c(-c4cccc5ccccc45)n3)cc2)nc1. The average molecular weight is 549 g/mol. The number of fused-ring (bicyclic) bond motifs is 8. The van der Waals surface area contributed by atoms with Gasteiger partial charge in [0, 0.05) is 44.4 Å². The van der Waals surface area contributed by atoms with E-state index >= 15 is 0 Å². The van der Waals surface area contributed by atoms with Crippen LogP contribution in [0.5, 0.6) is 0 Å². The molecule has 0 saturated heterocycles. The molecule has 0 saturated carbocycles. The molecule has 200 valence electrons. The van der Waals surface area contributed by atoms with Crippen molar-refractivity contribution in [1.82, 2.24) is 9.97 Å². The summed E-state index contributed by atoms with van der Waals surface area (Å²) in [5, 5.41) is 9.15. The second kappa shape index (κ2) is 9.37. The van der Waals surface area contributed by atoms with Gasteiger partial charge in [-0.15, -0.1) is 0 Å². The van der Waals surface area contributed by atoms with E-state index in [0.29, 0.717) is 0 Å². The standard InChI is InChI=1S/C40H24N2O/c1-3-11-29-25(8-1)10-7-13-31(29)39-32-21-22-37-38(33-20-19-26-9-2-4-12-30(26)40(33)43-37)34(32)24-36(42-39)28-17-15-27(16-18-28)35-14-5-6-23-41-35/h1-24H. The third-order valence-electron chi connectivity index (χ3n) is 8.52. The van der Waals surface area contributed by atoms with Gasteiger partial charge in [-0.3, -0.25) is 4.98 Å². The van der Waals surface area contributed by atoms with Gasteiger partial charge in [0.05, 0.1) is 17.1 Å². The highest BCUT2D eigenvalue weighted by molar-refractivity contribution is 6.25. The lowest BCUT2D eigenvalue weighted by Gasteiger charge is -2.13. The monoisotopic (exact) mass is 548 g/mol. The number of hydrogen-bond donors (Lipinski definition) is 0. The van der Waals surface area contributed by atoms with Crippen LogP contribution in [0, 0.1) is 0 Å². The summed E-state index contributed by atoms with van der Waals surface area (Å²) < 4.78 is 6.57. The molecule has 3 heteroatoms. The predicted molar refractivity (Wildman–Crippen MR) is 178 cm³/mol. The number of furan rings is 1. The van der Waals surface area contributed by atoms with Crippen molar-refractivity contribution in [3.05, 3.63) is 146 Å². The highest BCUT2D eigenvalue weighted by atomic mass is 16.3. The number of nitrogens with zero attached hydrogens (tertiary/aromatic N) is 2. The summed E-state index contributed by atoms with van der Waals surface area (Å²) in [5.41, 5.74) is 7.90. The van der Waals surface area contributed by atoms with Gasteiger partial charge in [0.15, 0.2) is 0 Å². The van der Waals surface area contributed by atoms with E-state index in [1.807, 2.05) is 24.4 Å². The molecule has 6 aromatic carbocycles. The molecule has 43 heavy (non-hydrogen) atoms. The number of pyridine rings is 2. The Balaban J connectivity index is 1.36. The zero-order valence-corrected chi connectivity index (χ0v) is 23.2. The van der Waals surface area contributed by atoms with E-state index in [9.17, 15) is 0 Å². The summed E-state index contributed by atoms with van der Waals surface area (Å²) in [6.07, 6.45) is 1.83. The Morgan fingerprint density at radius 3 is 1.98 bits per heavy atom. The van der Waals surface area contributed by atoms with Gasteiger partial charge in [0.25, 0.3) is 0 Å². The Hall–Kier alpha value is -5.80. The summed E-state index contributed by atoms with van der Waals surface area (Å²) in [6, 6.07) is 48.8. The van der Waals surface area contributed by atoms with Crippen LogP contribution in [0.15, 0.2) is 150 Å². The molecule has 0 aliphatic carbocycles. The van der Waals surface area contributed by atoms with Crippen molar-refractivity contribution in [2.24, 2.45) is 0 Å². The van der Waals surface area contributed by atoms with Gasteiger partial charge >= 0.3 is 0 Å². The molecule has 0 aliphatic rings. The third kappa shape index (κ3) is 3.75. The fourth-order valence-corrected chi connectivity index (χ4v) is 6.46. The van der Waals surface area contributed by atoms with E-state index < -0.39 is 0 Å². The number of benzene rings is 6. The second-order valence-corrected chi connectivity index (χ2v) is 11.0. The molecular formula is C40H24N2O. The van der Waals surface area contributed by atoms with E-state index in [4.69, 9.17) is 9.40 Å². The van der Waals surface area contributed by atoms with E-state index in [1.54, 1.807) is 0 Å². The summed E-state index contributed by atoms with van der Waals surface area (Å²) in [6.45, 7) is 0. The Morgan fingerprint density at radius 1 is 0.465 bits per heavy atom. The molecule has 0 spiro atoms. The van der Waals surface area contributed by atoms with Gasteiger partial charge in [-0.1, -0.05) is 103 Å². The molecule has 0 fully saturated rings. The number of hydrogen-bond acceptors (Lipinski definition) is 3. The Kier molecular flexibility index (Phi) is 5.20. The molecule has 0 bridgehead atoms. The van der Waals surface area contributed by atoms with E-state index in [2.05, 4.69) is 126 Å². The molecule has 0 aliphatic heterocycles. The van der Waals surface area contributed by atoms with Crippen molar-refractivity contribution in [3.63, 3.8) is 0 Å². The van der Waals surface area contributed by atoms with Crippen LogP contribution >= 0.6 is 0 Å². The van der Waals surface area contributed by atoms with Crippen LogP contribution in [0.1, 0.15) is 0 Å². The Labute approximate surface area is 247 Å². The minimum absolute atomic E-state index is 0.880. The molecule has 0 unspecified atom stereocenters. The van der Waals surface area contributed by atoms with Crippen molar-refractivity contribution < 1.29 is 4.42 Å². The highest BCUT2D eigenvalue weighted by Crippen LogP contribution is 2.42. The normalized spacial score (nSPS) is 11.7. The Morgan fingerprint density at radius 2 is 1.16 bits per heavy atom. The van der Waals surface area contributed by atoms with Crippen molar-refractivity contribution >= 4 is 54.3 Å². The van der Waals surface area contributed by atoms with Gasteiger partial charge in [-0.2, -0.15) is 0 Å². The minimum Gasteiger partial charge on any atom is -0.455 e. The lowest BCUT2D eigenvalue weighted by molar-refractivity contribution is 0.673. The first-order chi connectivity index (χ1) is 21.3. The minimum atomic E-state index is 0.880. The van der Waals surface area contributed by atoms with Crippen LogP contribution in [-0.2, 0) is 0 Å². The lowest BCUT2D eigenvalue weighted by Crippen LogP contribution is -1.93. The van der Waals surface area contributed by atoms with Crippen molar-refractivity contribution in [3.8, 4) is 33.8 Å². The second-order valence-electron chi connectivity index (χ2n) is 11.0. The first-order valence-electron chi connectivity index (χ1n) is 14.5. The van der Waals surface area contributed by atoms with E-state index in [0.717, 1.165) is 71.9 Å². The van der Waals surface area contributed by atoms with Crippen LogP contribution in [0.4, 0.5) is 0 Å². The third-order valence-corrected chi connectivity index (χ3v) is 8.52. The first-order valence-corrected chi connectivity index (χ1v) is 14.5. The molecule has 3 aromatic heterocycles. The fraction of sp³-hybridized carbons (Fsp3) is 0. The average Bonchev–Trinajstić information content (AvgIpc) is 3.48. The highest BCUT2D eigenvalue weighted by Gasteiger charge is 2.18. The van der Waals surface area contributed by atoms with Crippen molar-refractivity contribution in [1.29, 1.82) is 0 Å². The quantitative estimate of drug-likeness (QED) is 0.220. The van der Waals surface area contributed by atoms with Crippen LogP contribution in [0.2, 0.25) is 0 Å². The summed E-state index contributed by atoms with van der Waals surface area (Å²) in [5.74, 6) is 0. The van der Waals surface area contributed by atoms with Crippen LogP contribution < -0.4 is 0 Å². The predicted octanol–water partition coefficient (Wildman–Crippen LogP) is 10.8. The van der Waals surface area contributed by atoms with Crippen LogP contribution in [0.25, 0.3) is 88.0 Å². The molecule has 9 aromatic rings. The largest absolute Gasteiger partial charge is 0.455 e. The van der Waals surface area contributed by atoms with Crippen molar-refractivity contribution in [2.45, 2.75) is 0 Å². The fourth-order valence-electron chi connectivity index (χ4n) is 6.46. The molecule has 9 rings (SSSR count). The van der Waals surface area contributed by atoms with Gasteiger partial charge < -0.3 is 4.42 Å². The van der Waals surface area contributed by atoms with Gasteiger partial charge in [-0.05, 0) is 57.9 Å². The topological polar surface area (TPSA) is 38.9 Å². The number of rotatable bonds is 3. The maximum Gasteiger partial charge on any atom is 0.143 e. The van der Waals surface area contributed by atoms with Crippen LogP contribution in [-0.4, -0.2) is 9.97 Å². The summed E-state index contributed by atoms with van der Waals surface area (Å²) in [4.78, 5) is 9.90. The maximum absolute atomic E-state index is 6.57. The first kappa shape index (κ1) is 23.9. The molecule has 3 heterocycles. The lowest BCUT2D eigenvalue weighted by atomic mass is 9.94. The molecule has 0 radical (unpaired) electrons. The molecular weight excluding hydrogens is 524 g/mol. The summed E-state index contributed by atoms with van der Waals surface area (Å²) >= 11 is 0. The zero-order valence-electron chi connectivity index (χ0n) is 23.2. The van der Waals surface area contributed by atoms with Gasteiger partial charge in [-0.25, -0.2) is 4.98 Å². The molecule has 0 atom stereocenters. The Bertz CT molecular complexity index is 2490. The number of aromatic nitrogens is 2. The van der Waals surface area contributed by atoms with Crippen LogP contribution in [0.3, 0.4) is 0 Å². The molecule has 3 nitrogen and oxygen atoms in total. The van der Waals surface area contributed by atoms with Crippen molar-refractivity contribution in [2.75, 3.05) is 0 Å². The summed E-state index contributed by atoms with van der Waals surface area (Å²) in [7, 11) is 0. The molecule has 0 amide bonds.